The van der Waals surface area contributed by atoms with Crippen molar-refractivity contribution in [1.82, 2.24) is 0 Å². The van der Waals surface area contributed by atoms with Gasteiger partial charge in [0.15, 0.2) is 0 Å². The molecule has 0 amide bonds. The van der Waals surface area contributed by atoms with Crippen LogP contribution in [0.4, 0.5) is 0 Å². The minimum absolute atomic E-state index is 0.215. The molecule has 0 radical (unpaired) electrons. The number of rotatable bonds is 6. The van der Waals surface area contributed by atoms with Crippen LogP contribution in [0.5, 0.6) is 0 Å². The van der Waals surface area contributed by atoms with Crippen molar-refractivity contribution in [2.45, 2.75) is 75.7 Å². The normalized spacial score (nSPS) is 21.0. The molecule has 0 spiro atoms. The minimum atomic E-state index is -0.950. The summed E-state index contributed by atoms with van der Waals surface area (Å²) in [4.78, 5) is 25.8. The van der Waals surface area contributed by atoms with Gasteiger partial charge in [-0.25, -0.2) is 0 Å². The van der Waals surface area contributed by atoms with Crippen LogP contribution < -0.4 is 0 Å². The van der Waals surface area contributed by atoms with Crippen molar-refractivity contribution in [2.75, 3.05) is 0 Å². The molecule has 0 bridgehead atoms. The molecule has 4 nitrogen and oxygen atoms in total. The number of carbonyl (C=O) groups is 2. The molecule has 2 aromatic rings. The summed E-state index contributed by atoms with van der Waals surface area (Å²) in [5, 5.41) is 9.79. The first-order chi connectivity index (χ1) is 15.6. The highest BCUT2D eigenvalue weighted by atomic mass is 16.6. The van der Waals surface area contributed by atoms with Gasteiger partial charge in [0.25, 0.3) is 0 Å². The zero-order chi connectivity index (χ0) is 22.1. The Labute approximate surface area is 190 Å². The Morgan fingerprint density at radius 1 is 0.906 bits per heavy atom. The van der Waals surface area contributed by atoms with Gasteiger partial charge in [-0.2, -0.15) is 0 Å². The topological polar surface area (TPSA) is 63.6 Å². The SMILES string of the molecule is O=C(O)CC(C(=O)OC1(C2CCCC2)CCCC1)C1c2ccccc2Cc2ccccc21. The molecule has 1 N–H and O–H groups in total. The molecule has 2 saturated carbocycles. The summed E-state index contributed by atoms with van der Waals surface area (Å²) in [6.07, 6.45) is 9.24. The van der Waals surface area contributed by atoms with Gasteiger partial charge in [-0.3, -0.25) is 9.59 Å². The molecule has 1 unspecified atom stereocenters. The lowest BCUT2D eigenvalue weighted by molar-refractivity contribution is -0.173. The Balaban J connectivity index is 1.53. The van der Waals surface area contributed by atoms with Crippen molar-refractivity contribution in [3.05, 3.63) is 70.8 Å². The molecule has 2 aromatic carbocycles. The number of aliphatic carboxylic acids is 1. The molecule has 168 valence electrons. The highest BCUT2D eigenvalue weighted by molar-refractivity contribution is 5.81. The number of carboxylic acid groups (broad SMARTS) is 1. The average molecular weight is 433 g/mol. The van der Waals surface area contributed by atoms with Crippen LogP contribution in [0.3, 0.4) is 0 Å². The highest BCUT2D eigenvalue weighted by Crippen LogP contribution is 2.48. The van der Waals surface area contributed by atoms with Gasteiger partial charge in [-0.15, -0.1) is 0 Å². The van der Waals surface area contributed by atoms with Gasteiger partial charge in [-0.05, 0) is 73.1 Å². The lowest BCUT2D eigenvalue weighted by Gasteiger charge is -2.38. The highest BCUT2D eigenvalue weighted by Gasteiger charge is 2.48. The van der Waals surface area contributed by atoms with E-state index in [1.54, 1.807) is 0 Å². The second-order valence-electron chi connectivity index (χ2n) is 9.93. The monoisotopic (exact) mass is 432 g/mol. The van der Waals surface area contributed by atoms with Crippen molar-refractivity contribution in [1.29, 1.82) is 0 Å². The van der Waals surface area contributed by atoms with Crippen LogP contribution in [0.2, 0.25) is 0 Å². The van der Waals surface area contributed by atoms with Gasteiger partial charge in [0.2, 0.25) is 0 Å². The second kappa shape index (κ2) is 8.73. The molecule has 1 atom stereocenters. The van der Waals surface area contributed by atoms with Crippen LogP contribution in [-0.4, -0.2) is 22.6 Å². The van der Waals surface area contributed by atoms with Crippen molar-refractivity contribution in [2.24, 2.45) is 11.8 Å². The van der Waals surface area contributed by atoms with E-state index in [1.165, 1.54) is 24.0 Å². The number of ether oxygens (including phenoxy) is 1. The number of hydrogen-bond donors (Lipinski definition) is 1. The molecule has 0 heterocycles. The van der Waals surface area contributed by atoms with Crippen molar-refractivity contribution in [3.8, 4) is 0 Å². The van der Waals surface area contributed by atoms with E-state index in [0.717, 1.165) is 56.1 Å². The van der Waals surface area contributed by atoms with Crippen LogP contribution in [0.1, 0.15) is 86.0 Å². The summed E-state index contributed by atoms with van der Waals surface area (Å²) in [6, 6.07) is 16.3. The number of carboxylic acids is 1. The van der Waals surface area contributed by atoms with E-state index in [1.807, 2.05) is 24.3 Å². The first kappa shape index (κ1) is 21.2. The summed E-state index contributed by atoms with van der Waals surface area (Å²) in [5.74, 6) is -1.87. The summed E-state index contributed by atoms with van der Waals surface area (Å²) in [6.45, 7) is 0. The predicted molar refractivity (Wildman–Crippen MR) is 123 cm³/mol. The number of esters is 1. The van der Waals surface area contributed by atoms with E-state index in [-0.39, 0.29) is 18.3 Å². The standard InChI is InChI=1S/C28H32O4/c29-25(30)18-24(27(31)32-28(15-7-8-16-28)21-11-3-4-12-21)26-22-13-5-1-9-19(22)17-20-10-2-6-14-23(20)26/h1-2,5-6,9-10,13-14,21,24,26H,3-4,7-8,11-12,15-18H2,(H,29,30). The van der Waals surface area contributed by atoms with Gasteiger partial charge in [0, 0.05) is 5.92 Å². The maximum atomic E-state index is 13.8. The molecule has 32 heavy (non-hydrogen) atoms. The summed E-state index contributed by atoms with van der Waals surface area (Å²) < 4.78 is 6.43. The smallest absolute Gasteiger partial charge is 0.311 e. The van der Waals surface area contributed by atoms with E-state index in [4.69, 9.17) is 4.74 Å². The Morgan fingerprint density at radius 2 is 1.47 bits per heavy atom. The summed E-state index contributed by atoms with van der Waals surface area (Å²) in [7, 11) is 0. The lowest BCUT2D eigenvalue weighted by atomic mass is 9.71. The van der Waals surface area contributed by atoms with Crippen LogP contribution in [-0.2, 0) is 20.7 Å². The largest absolute Gasteiger partial charge is 0.481 e. The fourth-order valence-corrected chi connectivity index (χ4v) is 6.62. The zero-order valence-electron chi connectivity index (χ0n) is 18.6. The van der Waals surface area contributed by atoms with E-state index in [0.29, 0.717) is 5.92 Å². The maximum absolute atomic E-state index is 13.8. The van der Waals surface area contributed by atoms with Crippen LogP contribution in [0.25, 0.3) is 0 Å². The number of carbonyl (C=O) groups excluding carboxylic acids is 1. The van der Waals surface area contributed by atoms with Crippen molar-refractivity contribution in [3.63, 3.8) is 0 Å². The van der Waals surface area contributed by atoms with Gasteiger partial charge in [0.05, 0.1) is 12.3 Å². The fraction of sp³-hybridized carbons (Fsp3) is 0.500. The third-order valence-corrected chi connectivity index (χ3v) is 8.11. The van der Waals surface area contributed by atoms with Gasteiger partial charge < -0.3 is 9.84 Å². The molecule has 0 saturated heterocycles. The van der Waals surface area contributed by atoms with Gasteiger partial charge in [-0.1, -0.05) is 61.4 Å². The van der Waals surface area contributed by atoms with E-state index in [2.05, 4.69) is 24.3 Å². The molecule has 0 aromatic heterocycles. The lowest BCUT2D eigenvalue weighted by Crippen LogP contribution is -2.42. The third-order valence-electron chi connectivity index (χ3n) is 8.11. The first-order valence-corrected chi connectivity index (χ1v) is 12.2. The summed E-state index contributed by atoms with van der Waals surface area (Å²) in [5.41, 5.74) is 4.08. The summed E-state index contributed by atoms with van der Waals surface area (Å²) >= 11 is 0. The van der Waals surface area contributed by atoms with Crippen molar-refractivity contribution >= 4 is 11.9 Å². The van der Waals surface area contributed by atoms with Gasteiger partial charge in [0.1, 0.15) is 5.60 Å². The van der Waals surface area contributed by atoms with Crippen LogP contribution in [0, 0.1) is 11.8 Å². The maximum Gasteiger partial charge on any atom is 0.311 e. The molecule has 4 heteroatoms. The Kier molecular flexibility index (Phi) is 5.79. The fourth-order valence-electron chi connectivity index (χ4n) is 6.62. The predicted octanol–water partition coefficient (Wildman–Crippen LogP) is 5.86. The molecular formula is C28H32O4. The molecule has 5 rings (SSSR count). The Hall–Kier alpha value is -2.62. The molecule has 2 fully saturated rings. The molecule has 0 aliphatic heterocycles. The molecule has 3 aliphatic carbocycles. The second-order valence-corrected chi connectivity index (χ2v) is 9.93. The van der Waals surface area contributed by atoms with Crippen LogP contribution in [0.15, 0.2) is 48.5 Å². The number of hydrogen-bond acceptors (Lipinski definition) is 3. The van der Waals surface area contributed by atoms with Gasteiger partial charge >= 0.3 is 11.9 Å². The van der Waals surface area contributed by atoms with Crippen molar-refractivity contribution < 1.29 is 19.4 Å². The average Bonchev–Trinajstić information content (AvgIpc) is 3.49. The molecule has 3 aliphatic rings. The third kappa shape index (κ3) is 3.85. The first-order valence-electron chi connectivity index (χ1n) is 12.2. The molecular weight excluding hydrogens is 400 g/mol. The minimum Gasteiger partial charge on any atom is -0.481 e. The van der Waals surface area contributed by atoms with E-state index < -0.39 is 17.5 Å². The zero-order valence-corrected chi connectivity index (χ0v) is 18.6. The number of fused-ring (bicyclic) bond motifs is 2. The Bertz CT molecular complexity index is 952. The Morgan fingerprint density at radius 3 is 2.03 bits per heavy atom. The number of benzene rings is 2. The van der Waals surface area contributed by atoms with E-state index in [9.17, 15) is 14.7 Å². The van der Waals surface area contributed by atoms with Crippen LogP contribution >= 0.6 is 0 Å². The quantitative estimate of drug-likeness (QED) is 0.581. The van der Waals surface area contributed by atoms with E-state index >= 15 is 0 Å².